The lowest BCUT2D eigenvalue weighted by Crippen LogP contribution is -2.34. The van der Waals surface area contributed by atoms with Gasteiger partial charge in [-0.2, -0.15) is 0 Å². The zero-order valence-corrected chi connectivity index (χ0v) is 16.3. The lowest BCUT2D eigenvalue weighted by atomic mass is 10.2. The Morgan fingerprint density at radius 2 is 1.79 bits per heavy atom. The SMILES string of the molecule is CC(C)NC(=O)Nc1ccc(CNC(=O)Cn2cnc3ccccc3c2=O)cc1. The van der Waals surface area contributed by atoms with E-state index >= 15 is 0 Å². The summed E-state index contributed by atoms with van der Waals surface area (Å²) in [5.41, 5.74) is 1.88. The molecule has 1 aromatic heterocycles. The maximum absolute atomic E-state index is 12.4. The minimum Gasteiger partial charge on any atom is -0.350 e. The Hall–Kier alpha value is -3.68. The number of hydrogen-bond acceptors (Lipinski definition) is 4. The van der Waals surface area contributed by atoms with E-state index in [0.717, 1.165) is 5.56 Å². The molecule has 3 aromatic rings. The van der Waals surface area contributed by atoms with Crippen molar-refractivity contribution in [3.63, 3.8) is 0 Å². The Kier molecular flexibility index (Phi) is 6.23. The van der Waals surface area contributed by atoms with Crippen molar-refractivity contribution in [2.75, 3.05) is 5.32 Å². The molecule has 0 unspecified atom stereocenters. The molecule has 29 heavy (non-hydrogen) atoms. The average molecular weight is 393 g/mol. The van der Waals surface area contributed by atoms with E-state index in [1.807, 2.05) is 32.0 Å². The molecule has 0 atom stereocenters. The number of urea groups is 1. The number of benzene rings is 2. The van der Waals surface area contributed by atoms with E-state index in [9.17, 15) is 14.4 Å². The molecule has 0 saturated carbocycles. The number of nitrogens with zero attached hydrogens (tertiary/aromatic N) is 2. The number of anilines is 1. The van der Waals surface area contributed by atoms with Crippen molar-refractivity contribution in [3.8, 4) is 0 Å². The predicted octanol–water partition coefficient (Wildman–Crippen LogP) is 2.24. The van der Waals surface area contributed by atoms with Crippen molar-refractivity contribution in [1.82, 2.24) is 20.2 Å². The maximum atomic E-state index is 12.4. The van der Waals surface area contributed by atoms with Gasteiger partial charge in [0.25, 0.3) is 5.56 Å². The van der Waals surface area contributed by atoms with Gasteiger partial charge in [-0.25, -0.2) is 9.78 Å². The Morgan fingerprint density at radius 1 is 1.07 bits per heavy atom. The van der Waals surface area contributed by atoms with E-state index in [2.05, 4.69) is 20.9 Å². The van der Waals surface area contributed by atoms with Crippen LogP contribution in [0.2, 0.25) is 0 Å². The van der Waals surface area contributed by atoms with Gasteiger partial charge >= 0.3 is 6.03 Å². The highest BCUT2D eigenvalue weighted by Crippen LogP contribution is 2.09. The molecule has 0 bridgehead atoms. The Morgan fingerprint density at radius 3 is 2.52 bits per heavy atom. The summed E-state index contributed by atoms with van der Waals surface area (Å²) < 4.78 is 1.29. The number of amides is 3. The molecule has 8 nitrogen and oxygen atoms in total. The quantitative estimate of drug-likeness (QED) is 0.597. The van der Waals surface area contributed by atoms with Crippen molar-refractivity contribution in [3.05, 3.63) is 70.8 Å². The third kappa shape index (κ3) is 5.41. The topological polar surface area (TPSA) is 105 Å². The van der Waals surface area contributed by atoms with Crippen LogP contribution in [0, 0.1) is 0 Å². The highest BCUT2D eigenvalue weighted by molar-refractivity contribution is 5.89. The summed E-state index contributed by atoms with van der Waals surface area (Å²) >= 11 is 0. The van der Waals surface area contributed by atoms with Gasteiger partial charge in [0.2, 0.25) is 5.91 Å². The summed E-state index contributed by atoms with van der Waals surface area (Å²) in [7, 11) is 0. The molecule has 0 saturated heterocycles. The second-order valence-electron chi connectivity index (χ2n) is 6.92. The van der Waals surface area contributed by atoms with Gasteiger partial charge in [0.05, 0.1) is 17.2 Å². The van der Waals surface area contributed by atoms with Crippen molar-refractivity contribution in [2.24, 2.45) is 0 Å². The first-order valence-electron chi connectivity index (χ1n) is 9.29. The molecule has 3 amide bonds. The van der Waals surface area contributed by atoms with Crippen molar-refractivity contribution < 1.29 is 9.59 Å². The number of rotatable bonds is 6. The fourth-order valence-electron chi connectivity index (χ4n) is 2.77. The monoisotopic (exact) mass is 393 g/mol. The molecule has 0 aliphatic rings. The van der Waals surface area contributed by atoms with E-state index in [0.29, 0.717) is 23.1 Å². The summed E-state index contributed by atoms with van der Waals surface area (Å²) in [6.45, 7) is 3.97. The molecule has 0 aliphatic carbocycles. The molecule has 0 aliphatic heterocycles. The fourth-order valence-corrected chi connectivity index (χ4v) is 2.77. The second kappa shape index (κ2) is 9.01. The van der Waals surface area contributed by atoms with Crippen LogP contribution in [-0.2, 0) is 17.9 Å². The van der Waals surface area contributed by atoms with Crippen LogP contribution in [0.25, 0.3) is 10.9 Å². The van der Waals surface area contributed by atoms with Crippen LogP contribution in [-0.4, -0.2) is 27.5 Å². The second-order valence-corrected chi connectivity index (χ2v) is 6.92. The van der Waals surface area contributed by atoms with Gasteiger partial charge in [-0.05, 0) is 43.7 Å². The van der Waals surface area contributed by atoms with E-state index < -0.39 is 0 Å². The van der Waals surface area contributed by atoms with E-state index in [1.165, 1.54) is 10.9 Å². The van der Waals surface area contributed by atoms with Crippen LogP contribution in [0.4, 0.5) is 10.5 Å². The zero-order chi connectivity index (χ0) is 20.8. The molecule has 150 valence electrons. The highest BCUT2D eigenvalue weighted by Gasteiger charge is 2.08. The molecular formula is C21H23N5O3. The van der Waals surface area contributed by atoms with Crippen molar-refractivity contribution in [2.45, 2.75) is 33.0 Å². The first-order valence-corrected chi connectivity index (χ1v) is 9.29. The molecule has 0 fully saturated rings. The molecule has 3 rings (SSSR count). The van der Waals surface area contributed by atoms with Crippen LogP contribution in [0.15, 0.2) is 59.7 Å². The normalized spacial score (nSPS) is 10.7. The number of nitrogens with one attached hydrogen (secondary N) is 3. The Balaban J connectivity index is 1.55. The van der Waals surface area contributed by atoms with Gasteiger partial charge in [-0.1, -0.05) is 24.3 Å². The smallest absolute Gasteiger partial charge is 0.319 e. The number of fused-ring (bicyclic) bond motifs is 1. The number of carbonyl (C=O) groups is 2. The summed E-state index contributed by atoms with van der Waals surface area (Å²) in [5, 5.41) is 8.74. The summed E-state index contributed by atoms with van der Waals surface area (Å²) in [5.74, 6) is -0.289. The van der Waals surface area contributed by atoms with E-state index in [1.54, 1.807) is 30.3 Å². The van der Waals surface area contributed by atoms with Crippen LogP contribution in [0.1, 0.15) is 19.4 Å². The van der Waals surface area contributed by atoms with Gasteiger partial charge < -0.3 is 16.0 Å². The summed E-state index contributed by atoms with van der Waals surface area (Å²) in [6, 6.07) is 14.0. The molecule has 3 N–H and O–H groups in total. The molecule has 8 heteroatoms. The standard InChI is InChI=1S/C21H23N5O3/c1-14(2)24-21(29)25-16-9-7-15(8-10-16)11-22-19(27)12-26-13-23-18-6-4-3-5-17(18)20(26)28/h3-10,13-14H,11-12H2,1-2H3,(H,22,27)(H2,24,25,29). The summed E-state index contributed by atoms with van der Waals surface area (Å²) in [6.07, 6.45) is 1.38. The molecule has 0 radical (unpaired) electrons. The van der Waals surface area contributed by atoms with Gasteiger partial charge in [0.1, 0.15) is 6.54 Å². The fraction of sp³-hybridized carbons (Fsp3) is 0.238. The Labute approximate surface area is 168 Å². The minimum absolute atomic E-state index is 0.0507. The number of para-hydroxylation sites is 1. The first-order chi connectivity index (χ1) is 13.9. The Bertz CT molecular complexity index is 1070. The lowest BCUT2D eigenvalue weighted by Gasteiger charge is -2.11. The minimum atomic E-state index is -0.289. The summed E-state index contributed by atoms with van der Waals surface area (Å²) in [4.78, 5) is 40.6. The van der Waals surface area contributed by atoms with Crippen LogP contribution in [0.5, 0.6) is 0 Å². The van der Waals surface area contributed by atoms with Gasteiger partial charge in [-0.15, -0.1) is 0 Å². The van der Waals surface area contributed by atoms with E-state index in [-0.39, 0.29) is 30.1 Å². The molecule has 2 aromatic carbocycles. The first kappa shape index (κ1) is 20.1. The van der Waals surface area contributed by atoms with Crippen LogP contribution < -0.4 is 21.5 Å². The molecule has 1 heterocycles. The lowest BCUT2D eigenvalue weighted by molar-refractivity contribution is -0.121. The molecule has 0 spiro atoms. The number of hydrogen-bond donors (Lipinski definition) is 3. The maximum Gasteiger partial charge on any atom is 0.319 e. The van der Waals surface area contributed by atoms with Crippen molar-refractivity contribution in [1.29, 1.82) is 0 Å². The predicted molar refractivity (Wildman–Crippen MR) is 112 cm³/mol. The number of carbonyl (C=O) groups excluding carboxylic acids is 2. The third-order valence-corrected chi connectivity index (χ3v) is 4.17. The number of aromatic nitrogens is 2. The van der Waals surface area contributed by atoms with Crippen LogP contribution in [0.3, 0.4) is 0 Å². The zero-order valence-electron chi connectivity index (χ0n) is 16.3. The van der Waals surface area contributed by atoms with Crippen molar-refractivity contribution >= 4 is 28.5 Å². The van der Waals surface area contributed by atoms with Crippen LogP contribution >= 0.6 is 0 Å². The largest absolute Gasteiger partial charge is 0.350 e. The van der Waals surface area contributed by atoms with Gasteiger partial charge in [-0.3, -0.25) is 14.2 Å². The molecular weight excluding hydrogens is 370 g/mol. The average Bonchev–Trinajstić information content (AvgIpc) is 2.69. The highest BCUT2D eigenvalue weighted by atomic mass is 16.2. The van der Waals surface area contributed by atoms with Gasteiger partial charge in [0, 0.05) is 18.3 Å². The van der Waals surface area contributed by atoms with E-state index in [4.69, 9.17) is 0 Å². The third-order valence-electron chi connectivity index (χ3n) is 4.17. The van der Waals surface area contributed by atoms with Gasteiger partial charge in [0.15, 0.2) is 0 Å².